The molecular formula is C12H21N5O. The smallest absolute Gasteiger partial charge is 0.226 e. The van der Waals surface area contributed by atoms with Crippen molar-refractivity contribution in [2.24, 2.45) is 5.73 Å². The minimum atomic E-state index is 0.192. The molecule has 1 fully saturated rings. The predicted octanol–water partition coefficient (Wildman–Crippen LogP) is 0.808. The van der Waals surface area contributed by atoms with Gasteiger partial charge < -0.3 is 20.7 Å². The molecule has 3 N–H and O–H groups in total. The third-order valence-electron chi connectivity index (χ3n) is 2.84. The van der Waals surface area contributed by atoms with Gasteiger partial charge in [0, 0.05) is 25.3 Å². The quantitative estimate of drug-likeness (QED) is 0.754. The second kappa shape index (κ2) is 5.97. The van der Waals surface area contributed by atoms with Crippen molar-refractivity contribution in [2.75, 3.05) is 30.0 Å². The van der Waals surface area contributed by atoms with Gasteiger partial charge in [-0.25, -0.2) is 4.98 Å². The van der Waals surface area contributed by atoms with E-state index in [4.69, 9.17) is 10.5 Å². The van der Waals surface area contributed by atoms with Crippen LogP contribution in [-0.4, -0.2) is 41.9 Å². The second-order valence-electron chi connectivity index (χ2n) is 4.77. The lowest BCUT2D eigenvalue weighted by molar-refractivity contribution is 0.0935. The van der Waals surface area contributed by atoms with Crippen LogP contribution in [0.1, 0.15) is 20.3 Å². The molecular weight excluding hydrogens is 230 g/mol. The lowest BCUT2D eigenvalue weighted by Crippen LogP contribution is -2.27. The highest BCUT2D eigenvalue weighted by Crippen LogP contribution is 2.17. The van der Waals surface area contributed by atoms with Crippen LogP contribution >= 0.6 is 0 Å². The first-order chi connectivity index (χ1) is 8.65. The SMILES string of the molecule is CC(C)OCNc1nccc(N2CC[C@@H](N)C2)n1. The number of hydrogen-bond donors (Lipinski definition) is 2. The maximum atomic E-state index is 5.89. The molecule has 0 spiro atoms. The van der Waals surface area contributed by atoms with Crippen LogP contribution in [0.3, 0.4) is 0 Å². The number of nitrogens with zero attached hydrogens (tertiary/aromatic N) is 3. The first-order valence-corrected chi connectivity index (χ1v) is 6.34. The normalized spacial score (nSPS) is 19.6. The van der Waals surface area contributed by atoms with Crippen molar-refractivity contribution in [1.82, 2.24) is 9.97 Å². The van der Waals surface area contributed by atoms with Crippen molar-refractivity contribution in [2.45, 2.75) is 32.4 Å². The number of anilines is 2. The zero-order valence-electron chi connectivity index (χ0n) is 11.0. The maximum absolute atomic E-state index is 5.89. The van der Waals surface area contributed by atoms with E-state index in [0.717, 1.165) is 25.3 Å². The topological polar surface area (TPSA) is 76.3 Å². The van der Waals surface area contributed by atoms with Crippen molar-refractivity contribution in [1.29, 1.82) is 0 Å². The van der Waals surface area contributed by atoms with Gasteiger partial charge >= 0.3 is 0 Å². The van der Waals surface area contributed by atoms with Gasteiger partial charge in [-0.1, -0.05) is 0 Å². The number of rotatable bonds is 5. The minimum Gasteiger partial charge on any atom is -0.359 e. The van der Waals surface area contributed by atoms with Gasteiger partial charge in [0.2, 0.25) is 5.95 Å². The first-order valence-electron chi connectivity index (χ1n) is 6.34. The average molecular weight is 251 g/mol. The molecule has 0 saturated carbocycles. The molecule has 2 rings (SSSR count). The molecule has 0 aliphatic carbocycles. The fourth-order valence-electron chi connectivity index (χ4n) is 1.88. The fraction of sp³-hybridized carbons (Fsp3) is 0.667. The Hall–Kier alpha value is -1.40. The molecule has 1 aromatic rings. The molecule has 2 heterocycles. The molecule has 6 nitrogen and oxygen atoms in total. The van der Waals surface area contributed by atoms with Crippen molar-refractivity contribution in [3.05, 3.63) is 12.3 Å². The number of aromatic nitrogens is 2. The van der Waals surface area contributed by atoms with Crippen LogP contribution < -0.4 is 16.0 Å². The molecule has 0 aromatic carbocycles. The summed E-state index contributed by atoms with van der Waals surface area (Å²) in [6.07, 6.45) is 2.96. The van der Waals surface area contributed by atoms with Gasteiger partial charge in [0.05, 0.1) is 6.10 Å². The molecule has 1 aliphatic rings. The summed E-state index contributed by atoms with van der Waals surface area (Å²) in [5, 5.41) is 3.05. The monoisotopic (exact) mass is 251 g/mol. The van der Waals surface area contributed by atoms with Crippen LogP contribution in [0.4, 0.5) is 11.8 Å². The number of nitrogens with one attached hydrogen (secondary N) is 1. The van der Waals surface area contributed by atoms with Crippen LogP contribution in [-0.2, 0) is 4.74 Å². The van der Waals surface area contributed by atoms with Gasteiger partial charge in [0.25, 0.3) is 0 Å². The Labute approximate surface area is 108 Å². The lowest BCUT2D eigenvalue weighted by atomic mass is 10.3. The Morgan fingerprint density at radius 1 is 1.61 bits per heavy atom. The highest BCUT2D eigenvalue weighted by Gasteiger charge is 2.20. The second-order valence-corrected chi connectivity index (χ2v) is 4.77. The van der Waals surface area contributed by atoms with Gasteiger partial charge in [-0.05, 0) is 26.3 Å². The van der Waals surface area contributed by atoms with Gasteiger partial charge in [0.15, 0.2) is 0 Å². The van der Waals surface area contributed by atoms with E-state index in [0.29, 0.717) is 12.7 Å². The summed E-state index contributed by atoms with van der Waals surface area (Å²) in [4.78, 5) is 10.8. The molecule has 0 unspecified atom stereocenters. The van der Waals surface area contributed by atoms with Gasteiger partial charge in [0.1, 0.15) is 12.5 Å². The molecule has 0 amide bonds. The van der Waals surface area contributed by atoms with Crippen molar-refractivity contribution >= 4 is 11.8 Å². The maximum Gasteiger partial charge on any atom is 0.226 e. The van der Waals surface area contributed by atoms with Crippen molar-refractivity contribution in [3.8, 4) is 0 Å². The molecule has 0 bridgehead atoms. The fourth-order valence-corrected chi connectivity index (χ4v) is 1.88. The van der Waals surface area contributed by atoms with Gasteiger partial charge in [-0.15, -0.1) is 0 Å². The largest absolute Gasteiger partial charge is 0.359 e. The molecule has 18 heavy (non-hydrogen) atoms. The number of ether oxygens (including phenoxy) is 1. The van der Waals surface area contributed by atoms with E-state index in [2.05, 4.69) is 20.2 Å². The van der Waals surface area contributed by atoms with E-state index >= 15 is 0 Å². The van der Waals surface area contributed by atoms with Crippen LogP contribution in [0.5, 0.6) is 0 Å². The standard InChI is InChI=1S/C12H21N5O/c1-9(2)18-8-15-12-14-5-3-11(16-12)17-6-4-10(13)7-17/h3,5,9-10H,4,6-8,13H2,1-2H3,(H,14,15,16)/t10-/m1/s1. The first kappa shape index (κ1) is 13.0. The zero-order valence-corrected chi connectivity index (χ0v) is 11.0. The molecule has 1 saturated heterocycles. The Morgan fingerprint density at radius 2 is 2.44 bits per heavy atom. The molecule has 0 radical (unpaired) electrons. The summed E-state index contributed by atoms with van der Waals surface area (Å²) in [5.41, 5.74) is 5.89. The summed E-state index contributed by atoms with van der Waals surface area (Å²) in [7, 11) is 0. The zero-order chi connectivity index (χ0) is 13.0. The van der Waals surface area contributed by atoms with E-state index in [9.17, 15) is 0 Å². The van der Waals surface area contributed by atoms with Crippen LogP contribution in [0.2, 0.25) is 0 Å². The van der Waals surface area contributed by atoms with E-state index in [1.165, 1.54) is 0 Å². The molecule has 1 aromatic heterocycles. The van der Waals surface area contributed by atoms with Crippen LogP contribution in [0.25, 0.3) is 0 Å². The van der Waals surface area contributed by atoms with Gasteiger partial charge in [-0.2, -0.15) is 4.98 Å². The molecule has 100 valence electrons. The molecule has 6 heteroatoms. The van der Waals surface area contributed by atoms with Crippen molar-refractivity contribution in [3.63, 3.8) is 0 Å². The summed E-state index contributed by atoms with van der Waals surface area (Å²) >= 11 is 0. The van der Waals surface area contributed by atoms with Crippen LogP contribution in [0, 0.1) is 0 Å². The molecule has 1 aliphatic heterocycles. The lowest BCUT2D eigenvalue weighted by Gasteiger charge is -2.17. The Balaban J connectivity index is 1.92. The van der Waals surface area contributed by atoms with Gasteiger partial charge in [-0.3, -0.25) is 0 Å². The van der Waals surface area contributed by atoms with E-state index < -0.39 is 0 Å². The third-order valence-corrected chi connectivity index (χ3v) is 2.84. The highest BCUT2D eigenvalue weighted by molar-refractivity contribution is 5.43. The van der Waals surface area contributed by atoms with E-state index in [1.54, 1.807) is 6.20 Å². The summed E-state index contributed by atoms with van der Waals surface area (Å²) in [6.45, 7) is 6.22. The summed E-state index contributed by atoms with van der Waals surface area (Å²) < 4.78 is 5.40. The van der Waals surface area contributed by atoms with E-state index in [-0.39, 0.29) is 12.1 Å². The van der Waals surface area contributed by atoms with Crippen molar-refractivity contribution < 1.29 is 4.74 Å². The average Bonchev–Trinajstić information content (AvgIpc) is 2.76. The Morgan fingerprint density at radius 3 is 3.11 bits per heavy atom. The predicted molar refractivity (Wildman–Crippen MR) is 71.5 cm³/mol. The minimum absolute atomic E-state index is 0.192. The highest BCUT2D eigenvalue weighted by atomic mass is 16.5. The number of nitrogens with two attached hydrogens (primary N) is 1. The Bertz CT molecular complexity index is 384. The van der Waals surface area contributed by atoms with Crippen LogP contribution in [0.15, 0.2) is 12.3 Å². The summed E-state index contributed by atoms with van der Waals surface area (Å²) in [6, 6.07) is 2.16. The molecule has 1 atom stereocenters. The number of hydrogen-bond acceptors (Lipinski definition) is 6. The Kier molecular flexibility index (Phi) is 4.33. The van der Waals surface area contributed by atoms with E-state index in [1.807, 2.05) is 19.9 Å². The summed E-state index contributed by atoms with van der Waals surface area (Å²) in [5.74, 6) is 1.51. The third kappa shape index (κ3) is 3.54.